The van der Waals surface area contributed by atoms with Crippen molar-refractivity contribution in [3.8, 4) is 6.07 Å². The first-order chi connectivity index (χ1) is 7.93. The van der Waals surface area contributed by atoms with Crippen molar-refractivity contribution in [2.75, 3.05) is 6.54 Å². The predicted octanol–water partition coefficient (Wildman–Crippen LogP) is 2.03. The zero-order valence-electron chi connectivity index (χ0n) is 9.96. The molecule has 0 aliphatic rings. The molecule has 3 nitrogen and oxygen atoms in total. The van der Waals surface area contributed by atoms with E-state index in [0.29, 0.717) is 5.56 Å². The third-order valence-electron chi connectivity index (χ3n) is 2.28. The smallest absolute Gasteiger partial charge is 0.224 e. The van der Waals surface area contributed by atoms with Gasteiger partial charge in [-0.25, -0.2) is 4.39 Å². The summed E-state index contributed by atoms with van der Waals surface area (Å²) in [5, 5.41) is 11.4. The summed E-state index contributed by atoms with van der Waals surface area (Å²) in [4.78, 5) is 11.5. The molecule has 0 aliphatic heterocycles. The molecule has 0 heterocycles. The average Bonchev–Trinajstić information content (AvgIpc) is 2.27. The zero-order chi connectivity index (χ0) is 12.9. The molecule has 0 unspecified atom stereocenters. The lowest BCUT2D eigenvalue weighted by molar-refractivity contribution is -0.120. The minimum absolute atomic E-state index is 0.124. The van der Waals surface area contributed by atoms with E-state index in [1.165, 1.54) is 12.1 Å². The van der Waals surface area contributed by atoms with Gasteiger partial charge in [0, 0.05) is 6.54 Å². The van der Waals surface area contributed by atoms with Crippen molar-refractivity contribution in [2.45, 2.75) is 20.3 Å². The van der Waals surface area contributed by atoms with Gasteiger partial charge < -0.3 is 5.32 Å². The lowest BCUT2D eigenvalue weighted by atomic mass is 9.96. The van der Waals surface area contributed by atoms with Crippen LogP contribution in [0.1, 0.15) is 19.4 Å². The van der Waals surface area contributed by atoms with Crippen LogP contribution in [0.3, 0.4) is 0 Å². The number of benzene rings is 1. The van der Waals surface area contributed by atoms with Crippen molar-refractivity contribution in [2.24, 2.45) is 5.41 Å². The quantitative estimate of drug-likeness (QED) is 0.866. The topological polar surface area (TPSA) is 52.9 Å². The van der Waals surface area contributed by atoms with Crippen molar-refractivity contribution in [1.82, 2.24) is 5.32 Å². The molecule has 1 rings (SSSR count). The number of hydrogen-bond donors (Lipinski definition) is 1. The molecular formula is C13H15FN2O. The van der Waals surface area contributed by atoms with Crippen LogP contribution in [0.4, 0.5) is 4.39 Å². The highest BCUT2D eigenvalue weighted by molar-refractivity contribution is 5.78. The van der Waals surface area contributed by atoms with Crippen molar-refractivity contribution >= 4 is 5.91 Å². The normalized spacial score (nSPS) is 10.7. The molecule has 0 saturated heterocycles. The van der Waals surface area contributed by atoms with Crippen LogP contribution in [0.2, 0.25) is 0 Å². The lowest BCUT2D eigenvalue weighted by Gasteiger charge is -2.15. The summed E-state index contributed by atoms with van der Waals surface area (Å²) in [6.07, 6.45) is 0.124. The molecule has 0 aliphatic carbocycles. The van der Waals surface area contributed by atoms with Crippen LogP contribution >= 0.6 is 0 Å². The van der Waals surface area contributed by atoms with Crippen LogP contribution in [0.25, 0.3) is 0 Å². The van der Waals surface area contributed by atoms with Gasteiger partial charge in [0.2, 0.25) is 5.91 Å². The molecule has 17 heavy (non-hydrogen) atoms. The highest BCUT2D eigenvalue weighted by Crippen LogP contribution is 2.11. The minimum atomic E-state index is -0.586. The minimum Gasteiger partial charge on any atom is -0.354 e. The second kappa shape index (κ2) is 5.44. The number of amides is 1. The molecule has 0 fully saturated rings. The number of nitriles is 1. The number of halogens is 1. The van der Waals surface area contributed by atoms with Gasteiger partial charge >= 0.3 is 0 Å². The second-order valence-corrected chi connectivity index (χ2v) is 4.58. The largest absolute Gasteiger partial charge is 0.354 e. The first-order valence-corrected chi connectivity index (χ1v) is 5.35. The van der Waals surface area contributed by atoms with E-state index >= 15 is 0 Å². The molecule has 1 aromatic rings. The molecule has 0 radical (unpaired) electrons. The second-order valence-electron chi connectivity index (χ2n) is 4.58. The zero-order valence-corrected chi connectivity index (χ0v) is 9.96. The van der Waals surface area contributed by atoms with E-state index in [0.717, 1.165) is 0 Å². The molecule has 4 heteroatoms. The molecule has 90 valence electrons. The Balaban J connectivity index is 2.49. The van der Waals surface area contributed by atoms with Crippen LogP contribution in [0, 0.1) is 22.6 Å². The maximum absolute atomic E-state index is 12.9. The summed E-state index contributed by atoms with van der Waals surface area (Å²) >= 11 is 0. The third-order valence-corrected chi connectivity index (χ3v) is 2.28. The monoisotopic (exact) mass is 234 g/mol. The summed E-state index contributed by atoms with van der Waals surface area (Å²) in [5.41, 5.74) is 0.0368. The molecule has 0 saturated carbocycles. The van der Waals surface area contributed by atoms with Crippen LogP contribution in [-0.2, 0) is 11.2 Å². The van der Waals surface area contributed by atoms with E-state index in [2.05, 4.69) is 11.4 Å². The fourth-order valence-electron chi connectivity index (χ4n) is 1.25. The van der Waals surface area contributed by atoms with Crippen LogP contribution in [0.15, 0.2) is 24.3 Å². The van der Waals surface area contributed by atoms with E-state index in [9.17, 15) is 9.18 Å². The Morgan fingerprint density at radius 3 is 2.82 bits per heavy atom. The highest BCUT2D eigenvalue weighted by atomic mass is 19.1. The fraction of sp³-hybridized carbons (Fsp3) is 0.385. The Morgan fingerprint density at radius 1 is 1.53 bits per heavy atom. The van der Waals surface area contributed by atoms with E-state index in [1.54, 1.807) is 26.0 Å². The first-order valence-electron chi connectivity index (χ1n) is 5.35. The maximum atomic E-state index is 12.9. The van der Waals surface area contributed by atoms with Crippen molar-refractivity contribution in [1.29, 1.82) is 5.26 Å². The third kappa shape index (κ3) is 4.64. The molecule has 1 N–H and O–H groups in total. The predicted molar refractivity (Wildman–Crippen MR) is 62.5 cm³/mol. The van der Waals surface area contributed by atoms with Crippen LogP contribution in [0.5, 0.6) is 0 Å². The molecule has 0 atom stereocenters. The van der Waals surface area contributed by atoms with E-state index < -0.39 is 5.41 Å². The van der Waals surface area contributed by atoms with Gasteiger partial charge in [0.15, 0.2) is 0 Å². The van der Waals surface area contributed by atoms with E-state index in [-0.39, 0.29) is 24.7 Å². The Bertz CT molecular complexity index is 449. The Morgan fingerprint density at radius 2 is 2.24 bits per heavy atom. The molecule has 0 spiro atoms. The van der Waals surface area contributed by atoms with Crippen molar-refractivity contribution in [3.63, 3.8) is 0 Å². The van der Waals surface area contributed by atoms with Crippen LogP contribution in [-0.4, -0.2) is 12.5 Å². The fourth-order valence-corrected chi connectivity index (χ4v) is 1.25. The number of nitrogens with zero attached hydrogens (tertiary/aromatic N) is 1. The number of carbonyl (C=O) groups excluding carboxylic acids is 1. The summed E-state index contributed by atoms with van der Waals surface area (Å²) < 4.78 is 12.9. The number of nitrogens with one attached hydrogen (secondary N) is 1. The van der Waals surface area contributed by atoms with Gasteiger partial charge in [-0.15, -0.1) is 0 Å². The van der Waals surface area contributed by atoms with Gasteiger partial charge in [0.05, 0.1) is 17.9 Å². The van der Waals surface area contributed by atoms with Gasteiger partial charge in [-0.3, -0.25) is 4.79 Å². The van der Waals surface area contributed by atoms with Gasteiger partial charge in [0.1, 0.15) is 5.82 Å². The van der Waals surface area contributed by atoms with Crippen molar-refractivity contribution < 1.29 is 9.18 Å². The van der Waals surface area contributed by atoms with Gasteiger partial charge in [-0.2, -0.15) is 5.26 Å². The van der Waals surface area contributed by atoms with Crippen LogP contribution < -0.4 is 5.32 Å². The molecule has 0 bridgehead atoms. The summed E-state index contributed by atoms with van der Waals surface area (Å²) in [6.45, 7) is 3.78. The Hall–Kier alpha value is -1.89. The van der Waals surface area contributed by atoms with Gasteiger partial charge in [0.25, 0.3) is 0 Å². The lowest BCUT2D eigenvalue weighted by Crippen LogP contribution is -2.34. The Kier molecular flexibility index (Phi) is 4.22. The van der Waals surface area contributed by atoms with Gasteiger partial charge in [-0.05, 0) is 31.5 Å². The van der Waals surface area contributed by atoms with E-state index in [4.69, 9.17) is 5.26 Å². The maximum Gasteiger partial charge on any atom is 0.224 e. The summed E-state index contributed by atoms with van der Waals surface area (Å²) in [5.74, 6) is -0.563. The highest BCUT2D eigenvalue weighted by Gasteiger charge is 2.17. The average molecular weight is 234 g/mol. The summed E-state index contributed by atoms with van der Waals surface area (Å²) in [6, 6.07) is 8.02. The molecule has 1 amide bonds. The molecule has 1 aromatic carbocycles. The SMILES string of the molecule is CC(C)(C#N)CNC(=O)Cc1cccc(F)c1. The van der Waals surface area contributed by atoms with E-state index in [1.807, 2.05) is 0 Å². The molecule has 0 aromatic heterocycles. The van der Waals surface area contributed by atoms with Crippen molar-refractivity contribution in [3.05, 3.63) is 35.6 Å². The standard InChI is InChI=1S/C13H15FN2O/c1-13(2,8-15)9-16-12(17)7-10-4-3-5-11(14)6-10/h3-6H,7,9H2,1-2H3,(H,16,17). The number of rotatable bonds is 4. The van der Waals surface area contributed by atoms with Gasteiger partial charge in [-0.1, -0.05) is 12.1 Å². The summed E-state index contributed by atoms with van der Waals surface area (Å²) in [7, 11) is 0. The number of hydrogen-bond acceptors (Lipinski definition) is 2. The first kappa shape index (κ1) is 13.2. The number of carbonyl (C=O) groups is 1. The Labute approximate surface area is 100 Å². The molecular weight excluding hydrogens is 219 g/mol.